The van der Waals surface area contributed by atoms with Crippen LogP contribution in [0.15, 0.2) is 24.3 Å². The number of carboxylic acids is 1. The maximum absolute atomic E-state index is 13.1. The Balaban J connectivity index is 2.34. The SMILES string of the molecule is O=C(O)CC(c1cccc(Cl)c1)N1CC(S(=O)(=O)F)CC1=O. The molecule has 0 bridgehead atoms. The van der Waals surface area contributed by atoms with Crippen LogP contribution >= 0.6 is 11.6 Å². The summed E-state index contributed by atoms with van der Waals surface area (Å²) in [5.74, 6) is -1.76. The van der Waals surface area contributed by atoms with Crippen molar-refractivity contribution in [3.8, 4) is 0 Å². The molecule has 1 heterocycles. The van der Waals surface area contributed by atoms with E-state index in [2.05, 4.69) is 0 Å². The van der Waals surface area contributed by atoms with Gasteiger partial charge < -0.3 is 10.0 Å². The molecule has 1 saturated heterocycles. The van der Waals surface area contributed by atoms with Crippen LogP contribution in [0.4, 0.5) is 3.89 Å². The van der Waals surface area contributed by atoms with Crippen molar-refractivity contribution >= 4 is 33.7 Å². The molecule has 1 aromatic rings. The molecule has 120 valence electrons. The minimum absolute atomic E-state index is 0.356. The molecule has 2 rings (SSSR count). The van der Waals surface area contributed by atoms with Crippen molar-refractivity contribution in [3.05, 3.63) is 34.9 Å². The number of carbonyl (C=O) groups is 2. The third-order valence-corrected chi connectivity index (χ3v) is 4.85. The second-order valence-corrected chi connectivity index (χ2v) is 7.07. The van der Waals surface area contributed by atoms with E-state index in [1.54, 1.807) is 18.2 Å². The predicted octanol–water partition coefficient (Wildman–Crippen LogP) is 1.76. The second-order valence-electron chi connectivity index (χ2n) is 5.02. The zero-order valence-corrected chi connectivity index (χ0v) is 12.8. The van der Waals surface area contributed by atoms with Gasteiger partial charge in [-0.05, 0) is 17.7 Å². The summed E-state index contributed by atoms with van der Waals surface area (Å²) in [5, 5.41) is 7.92. The number of hydrogen-bond acceptors (Lipinski definition) is 4. The smallest absolute Gasteiger partial charge is 0.307 e. The van der Waals surface area contributed by atoms with Crippen molar-refractivity contribution in [3.63, 3.8) is 0 Å². The van der Waals surface area contributed by atoms with E-state index in [1.165, 1.54) is 6.07 Å². The molecular formula is C13H13ClFNO5S. The maximum Gasteiger partial charge on any atom is 0.307 e. The zero-order chi connectivity index (χ0) is 16.5. The Hall–Kier alpha value is -1.67. The summed E-state index contributed by atoms with van der Waals surface area (Å²) in [4.78, 5) is 24.1. The average Bonchev–Trinajstić information content (AvgIpc) is 2.77. The van der Waals surface area contributed by atoms with Gasteiger partial charge in [0.15, 0.2) is 0 Å². The van der Waals surface area contributed by atoms with Gasteiger partial charge in [-0.25, -0.2) is 0 Å². The van der Waals surface area contributed by atoms with E-state index in [0.717, 1.165) is 4.90 Å². The lowest BCUT2D eigenvalue weighted by atomic mass is 10.0. The molecule has 2 unspecified atom stereocenters. The van der Waals surface area contributed by atoms with Crippen molar-refractivity contribution in [2.75, 3.05) is 6.54 Å². The van der Waals surface area contributed by atoms with Gasteiger partial charge in [-0.3, -0.25) is 9.59 Å². The minimum atomic E-state index is -4.86. The number of aliphatic carboxylic acids is 1. The highest BCUT2D eigenvalue weighted by Crippen LogP contribution is 2.32. The van der Waals surface area contributed by atoms with Gasteiger partial charge in [0.25, 0.3) is 0 Å². The van der Waals surface area contributed by atoms with Crippen molar-refractivity contribution in [2.24, 2.45) is 0 Å². The second kappa shape index (κ2) is 6.21. The first-order valence-corrected chi connectivity index (χ1v) is 8.21. The number of hydrogen-bond donors (Lipinski definition) is 1. The van der Waals surface area contributed by atoms with Gasteiger partial charge in [-0.1, -0.05) is 23.7 Å². The summed E-state index contributed by atoms with van der Waals surface area (Å²) in [7, 11) is -4.86. The van der Waals surface area contributed by atoms with E-state index in [-0.39, 0.29) is 6.54 Å². The average molecular weight is 350 g/mol. The van der Waals surface area contributed by atoms with Crippen LogP contribution in [0.3, 0.4) is 0 Å². The fourth-order valence-electron chi connectivity index (χ4n) is 2.47. The molecule has 0 saturated carbocycles. The van der Waals surface area contributed by atoms with Crippen LogP contribution in [0.5, 0.6) is 0 Å². The highest BCUT2D eigenvalue weighted by molar-refractivity contribution is 7.87. The molecule has 0 radical (unpaired) electrons. The highest BCUT2D eigenvalue weighted by atomic mass is 35.5. The lowest BCUT2D eigenvalue weighted by Crippen LogP contribution is -2.33. The summed E-state index contributed by atoms with van der Waals surface area (Å²) >= 11 is 5.86. The van der Waals surface area contributed by atoms with Crippen LogP contribution in [-0.4, -0.2) is 42.1 Å². The quantitative estimate of drug-likeness (QED) is 0.818. The molecule has 6 nitrogen and oxygen atoms in total. The number of benzene rings is 1. The predicted molar refractivity (Wildman–Crippen MR) is 76.6 cm³/mol. The van der Waals surface area contributed by atoms with Crippen LogP contribution < -0.4 is 0 Å². The first kappa shape index (κ1) is 16.7. The Kier molecular flexibility index (Phi) is 4.72. The third-order valence-electron chi connectivity index (χ3n) is 3.50. The molecule has 1 aliphatic rings. The number of carboxylic acid groups (broad SMARTS) is 1. The summed E-state index contributed by atoms with van der Waals surface area (Å²) < 4.78 is 35.0. The van der Waals surface area contributed by atoms with Gasteiger partial charge in [0.2, 0.25) is 5.91 Å². The van der Waals surface area contributed by atoms with Gasteiger partial charge in [0.1, 0.15) is 5.25 Å². The molecule has 1 N–H and O–H groups in total. The van der Waals surface area contributed by atoms with Crippen molar-refractivity contribution in [2.45, 2.75) is 24.1 Å². The summed E-state index contributed by atoms with van der Waals surface area (Å²) in [6, 6.07) is 5.37. The summed E-state index contributed by atoms with van der Waals surface area (Å²) in [5.41, 5.74) is 0.458. The Bertz CT molecular complexity index is 708. The fourth-order valence-corrected chi connectivity index (χ4v) is 3.35. The summed E-state index contributed by atoms with van der Waals surface area (Å²) in [6.45, 7) is -0.373. The number of carbonyl (C=O) groups excluding carboxylic acids is 1. The Morgan fingerprint density at radius 1 is 1.50 bits per heavy atom. The van der Waals surface area contributed by atoms with Crippen LogP contribution in [-0.2, 0) is 19.8 Å². The molecule has 2 atom stereocenters. The highest BCUT2D eigenvalue weighted by Gasteiger charge is 2.42. The number of rotatable bonds is 5. The molecule has 22 heavy (non-hydrogen) atoms. The van der Waals surface area contributed by atoms with E-state index in [1.807, 2.05) is 0 Å². The van der Waals surface area contributed by atoms with E-state index in [9.17, 15) is 21.9 Å². The normalized spacial score (nSPS) is 20.2. The van der Waals surface area contributed by atoms with Crippen LogP contribution in [0.25, 0.3) is 0 Å². The van der Waals surface area contributed by atoms with E-state index in [0.29, 0.717) is 10.6 Å². The first-order chi connectivity index (χ1) is 10.2. The molecule has 1 fully saturated rings. The van der Waals surface area contributed by atoms with Gasteiger partial charge in [-0.15, -0.1) is 3.89 Å². The largest absolute Gasteiger partial charge is 0.481 e. The standard InChI is InChI=1S/C13H13ClFNO5S/c14-9-3-1-2-8(4-9)11(6-13(18)19)16-7-10(5-12(16)17)22(15,20)21/h1-4,10-11H,5-7H2,(H,18,19). The first-order valence-electron chi connectivity index (χ1n) is 6.38. The number of likely N-dealkylation sites (tertiary alicyclic amines) is 1. The van der Waals surface area contributed by atoms with Crippen molar-refractivity contribution < 1.29 is 27.0 Å². The molecular weight excluding hydrogens is 337 g/mol. The van der Waals surface area contributed by atoms with E-state index >= 15 is 0 Å². The zero-order valence-electron chi connectivity index (χ0n) is 11.3. The van der Waals surface area contributed by atoms with Crippen molar-refractivity contribution in [1.29, 1.82) is 0 Å². The van der Waals surface area contributed by atoms with Crippen LogP contribution in [0.2, 0.25) is 5.02 Å². The Morgan fingerprint density at radius 2 is 2.18 bits per heavy atom. The molecule has 0 aromatic heterocycles. The number of halogens is 2. The van der Waals surface area contributed by atoms with E-state index < -0.39 is 46.2 Å². The number of amides is 1. The molecule has 0 spiro atoms. The van der Waals surface area contributed by atoms with Crippen LogP contribution in [0, 0.1) is 0 Å². The number of nitrogens with zero attached hydrogens (tertiary/aromatic N) is 1. The molecule has 9 heteroatoms. The maximum atomic E-state index is 13.1. The Labute approximate surface area is 131 Å². The lowest BCUT2D eigenvalue weighted by molar-refractivity contribution is -0.139. The summed E-state index contributed by atoms with van der Waals surface area (Å²) in [6.07, 6.45) is -0.916. The van der Waals surface area contributed by atoms with Gasteiger partial charge >= 0.3 is 16.2 Å². The third kappa shape index (κ3) is 3.75. The monoisotopic (exact) mass is 349 g/mol. The van der Waals surface area contributed by atoms with Crippen LogP contribution in [0.1, 0.15) is 24.4 Å². The van der Waals surface area contributed by atoms with Gasteiger partial charge in [0.05, 0.1) is 12.5 Å². The lowest BCUT2D eigenvalue weighted by Gasteiger charge is -2.27. The van der Waals surface area contributed by atoms with Crippen molar-refractivity contribution in [1.82, 2.24) is 4.90 Å². The molecule has 1 aliphatic heterocycles. The Morgan fingerprint density at radius 3 is 2.68 bits per heavy atom. The molecule has 1 aromatic carbocycles. The fraction of sp³-hybridized carbons (Fsp3) is 0.385. The van der Waals surface area contributed by atoms with Gasteiger partial charge in [0, 0.05) is 18.0 Å². The molecule has 0 aliphatic carbocycles. The molecule has 1 amide bonds. The van der Waals surface area contributed by atoms with Gasteiger partial charge in [-0.2, -0.15) is 8.42 Å². The minimum Gasteiger partial charge on any atom is -0.481 e. The van der Waals surface area contributed by atoms with E-state index in [4.69, 9.17) is 16.7 Å². The topological polar surface area (TPSA) is 91.8 Å².